The molecule has 23 heavy (non-hydrogen) atoms. The first-order valence-electron chi connectivity index (χ1n) is 7.50. The highest BCUT2D eigenvalue weighted by atomic mass is 32.1. The van der Waals surface area contributed by atoms with Gasteiger partial charge >= 0.3 is 0 Å². The van der Waals surface area contributed by atoms with Crippen molar-refractivity contribution in [1.82, 2.24) is 15.0 Å². The number of aromatic nitrogens is 3. The van der Waals surface area contributed by atoms with Crippen LogP contribution in [0.2, 0.25) is 0 Å². The summed E-state index contributed by atoms with van der Waals surface area (Å²) in [4.78, 5) is 13.9. The largest absolute Gasteiger partial charge is 0.470 e. The zero-order chi connectivity index (χ0) is 15.5. The van der Waals surface area contributed by atoms with Crippen LogP contribution in [-0.4, -0.2) is 40.3 Å². The number of anilines is 1. The first kappa shape index (κ1) is 14.3. The van der Waals surface area contributed by atoms with E-state index in [1.807, 2.05) is 29.6 Å². The lowest BCUT2D eigenvalue weighted by atomic mass is 10.1. The molecule has 1 saturated heterocycles. The minimum Gasteiger partial charge on any atom is -0.470 e. The number of pyridine rings is 1. The molecule has 0 saturated carbocycles. The summed E-state index contributed by atoms with van der Waals surface area (Å²) in [7, 11) is 0. The number of hydrogen-bond donors (Lipinski definition) is 1. The van der Waals surface area contributed by atoms with E-state index in [0.717, 1.165) is 22.5 Å². The van der Waals surface area contributed by atoms with Crippen LogP contribution < -0.4 is 10.1 Å². The van der Waals surface area contributed by atoms with Crippen LogP contribution in [-0.2, 0) is 4.74 Å². The van der Waals surface area contributed by atoms with Gasteiger partial charge in [0.2, 0.25) is 5.88 Å². The zero-order valence-corrected chi connectivity index (χ0v) is 13.2. The molecule has 0 unspecified atom stereocenters. The van der Waals surface area contributed by atoms with Crippen LogP contribution in [0.1, 0.15) is 6.42 Å². The zero-order valence-electron chi connectivity index (χ0n) is 12.4. The maximum Gasteiger partial charge on any atom is 0.213 e. The lowest BCUT2D eigenvalue weighted by Gasteiger charge is -2.32. The van der Waals surface area contributed by atoms with Gasteiger partial charge in [-0.2, -0.15) is 0 Å². The third-order valence-electron chi connectivity index (χ3n) is 3.80. The Morgan fingerprint density at radius 2 is 2.22 bits per heavy atom. The predicted molar refractivity (Wildman–Crippen MR) is 88.9 cm³/mol. The van der Waals surface area contributed by atoms with Gasteiger partial charge in [0, 0.05) is 18.9 Å². The number of rotatable bonds is 4. The van der Waals surface area contributed by atoms with E-state index in [4.69, 9.17) is 9.47 Å². The molecule has 0 amide bonds. The monoisotopic (exact) mass is 328 g/mol. The van der Waals surface area contributed by atoms with Gasteiger partial charge in [-0.05, 0) is 23.9 Å². The van der Waals surface area contributed by atoms with E-state index >= 15 is 0 Å². The Kier molecular flexibility index (Phi) is 4.04. The summed E-state index contributed by atoms with van der Waals surface area (Å²) < 4.78 is 11.6. The number of fused-ring (bicyclic) bond motifs is 1. The van der Waals surface area contributed by atoms with Crippen LogP contribution in [0, 0.1) is 0 Å². The van der Waals surface area contributed by atoms with E-state index in [1.165, 1.54) is 0 Å². The molecule has 1 aliphatic rings. The summed E-state index contributed by atoms with van der Waals surface area (Å²) in [6.45, 7) is 1.24. The number of nitrogens with zero attached hydrogens (tertiary/aromatic N) is 3. The van der Waals surface area contributed by atoms with E-state index in [9.17, 15) is 0 Å². The van der Waals surface area contributed by atoms with Crippen LogP contribution in [0.25, 0.3) is 10.2 Å². The average Bonchev–Trinajstić information content (AvgIpc) is 3.07. The number of thiophene rings is 1. The van der Waals surface area contributed by atoms with Crippen molar-refractivity contribution in [2.75, 3.05) is 18.5 Å². The second-order valence-electron chi connectivity index (χ2n) is 5.30. The standard InChI is InChI=1S/C16H16N4O2S/c1-2-6-17-14(3-1)22-13-9-21-7-4-12(13)20-15-11-5-8-23-16(11)19-10-18-15/h1-3,5-6,8,10,12-13H,4,7,9H2,(H,18,19,20)/t12-,13-/m1/s1. The topological polar surface area (TPSA) is 69.2 Å². The third kappa shape index (κ3) is 3.11. The van der Waals surface area contributed by atoms with E-state index < -0.39 is 0 Å². The van der Waals surface area contributed by atoms with E-state index in [2.05, 4.69) is 20.3 Å². The van der Waals surface area contributed by atoms with E-state index in [0.29, 0.717) is 19.1 Å². The van der Waals surface area contributed by atoms with Gasteiger partial charge in [0.15, 0.2) is 0 Å². The van der Waals surface area contributed by atoms with Gasteiger partial charge in [0.25, 0.3) is 0 Å². The fourth-order valence-electron chi connectivity index (χ4n) is 2.65. The van der Waals surface area contributed by atoms with Crippen molar-refractivity contribution in [2.24, 2.45) is 0 Å². The highest BCUT2D eigenvalue weighted by Crippen LogP contribution is 2.26. The molecule has 0 spiro atoms. The summed E-state index contributed by atoms with van der Waals surface area (Å²) in [6.07, 6.45) is 4.06. The Morgan fingerprint density at radius 3 is 3.13 bits per heavy atom. The second-order valence-corrected chi connectivity index (χ2v) is 6.19. The molecule has 3 aromatic rings. The summed E-state index contributed by atoms with van der Waals surface area (Å²) in [5.74, 6) is 1.45. The Balaban J connectivity index is 1.55. The fourth-order valence-corrected chi connectivity index (χ4v) is 3.38. The smallest absolute Gasteiger partial charge is 0.213 e. The molecule has 0 aliphatic carbocycles. The molecular weight excluding hydrogens is 312 g/mol. The van der Waals surface area contributed by atoms with Gasteiger partial charge in [-0.3, -0.25) is 0 Å². The molecule has 0 radical (unpaired) electrons. The molecule has 0 bridgehead atoms. The van der Waals surface area contributed by atoms with Crippen molar-refractivity contribution in [1.29, 1.82) is 0 Å². The Hall–Kier alpha value is -2.25. The third-order valence-corrected chi connectivity index (χ3v) is 4.62. The summed E-state index contributed by atoms with van der Waals surface area (Å²) in [5, 5.41) is 6.57. The normalized spacial score (nSPS) is 21.2. The van der Waals surface area contributed by atoms with Gasteiger partial charge < -0.3 is 14.8 Å². The van der Waals surface area contributed by atoms with Crippen LogP contribution in [0.5, 0.6) is 5.88 Å². The highest BCUT2D eigenvalue weighted by molar-refractivity contribution is 7.16. The molecular formula is C16H16N4O2S. The molecule has 3 aromatic heterocycles. The summed E-state index contributed by atoms with van der Waals surface area (Å²) in [6, 6.07) is 7.79. The Bertz CT molecular complexity index is 780. The molecule has 0 aromatic carbocycles. The van der Waals surface area contributed by atoms with E-state index in [-0.39, 0.29) is 12.1 Å². The SMILES string of the molecule is c1ccc(O[C@@H]2COCC[C@H]2Nc2ncnc3sccc23)nc1. The van der Waals surface area contributed by atoms with Crippen molar-refractivity contribution >= 4 is 27.4 Å². The van der Waals surface area contributed by atoms with E-state index in [1.54, 1.807) is 23.9 Å². The number of hydrogen-bond acceptors (Lipinski definition) is 7. The van der Waals surface area contributed by atoms with Gasteiger partial charge in [0.1, 0.15) is 23.1 Å². The van der Waals surface area contributed by atoms with Crippen molar-refractivity contribution < 1.29 is 9.47 Å². The highest BCUT2D eigenvalue weighted by Gasteiger charge is 2.28. The molecule has 4 heterocycles. The first-order valence-corrected chi connectivity index (χ1v) is 8.38. The molecule has 1 aliphatic heterocycles. The average molecular weight is 328 g/mol. The Labute approximate surface area is 137 Å². The predicted octanol–water partition coefficient (Wildman–Crippen LogP) is 2.73. The minimum absolute atomic E-state index is 0.109. The Morgan fingerprint density at radius 1 is 1.22 bits per heavy atom. The molecule has 6 nitrogen and oxygen atoms in total. The molecule has 7 heteroatoms. The number of ether oxygens (including phenoxy) is 2. The summed E-state index contributed by atoms with van der Waals surface area (Å²) in [5.41, 5.74) is 0. The second kappa shape index (κ2) is 6.47. The summed E-state index contributed by atoms with van der Waals surface area (Å²) >= 11 is 1.61. The van der Waals surface area contributed by atoms with Gasteiger partial charge in [-0.25, -0.2) is 15.0 Å². The first-order chi connectivity index (χ1) is 11.4. The maximum absolute atomic E-state index is 5.99. The van der Waals surface area contributed by atoms with Crippen molar-refractivity contribution in [2.45, 2.75) is 18.6 Å². The fraction of sp³-hybridized carbons (Fsp3) is 0.312. The van der Waals surface area contributed by atoms with Crippen molar-refractivity contribution in [3.63, 3.8) is 0 Å². The van der Waals surface area contributed by atoms with Crippen LogP contribution in [0.15, 0.2) is 42.2 Å². The molecule has 1 fully saturated rings. The van der Waals surface area contributed by atoms with Gasteiger partial charge in [0.05, 0.1) is 18.0 Å². The molecule has 1 N–H and O–H groups in total. The number of nitrogens with one attached hydrogen (secondary N) is 1. The van der Waals surface area contributed by atoms with Crippen LogP contribution in [0.4, 0.5) is 5.82 Å². The van der Waals surface area contributed by atoms with Gasteiger partial charge in [-0.15, -0.1) is 11.3 Å². The quantitative estimate of drug-likeness (QED) is 0.794. The molecule has 118 valence electrons. The van der Waals surface area contributed by atoms with Crippen molar-refractivity contribution in [3.8, 4) is 5.88 Å². The lowest BCUT2D eigenvalue weighted by molar-refractivity contribution is -0.00249. The van der Waals surface area contributed by atoms with Crippen LogP contribution in [0.3, 0.4) is 0 Å². The molecule has 2 atom stereocenters. The van der Waals surface area contributed by atoms with Crippen LogP contribution >= 0.6 is 11.3 Å². The van der Waals surface area contributed by atoms with Gasteiger partial charge in [-0.1, -0.05) is 6.07 Å². The van der Waals surface area contributed by atoms with Crippen molar-refractivity contribution in [3.05, 3.63) is 42.2 Å². The molecule has 4 rings (SSSR count). The maximum atomic E-state index is 5.99. The lowest BCUT2D eigenvalue weighted by Crippen LogP contribution is -2.45. The minimum atomic E-state index is -0.109.